The number of anilines is 1. The molecule has 0 aliphatic carbocycles. The minimum Gasteiger partial charge on any atom is -0.369 e. The van der Waals surface area contributed by atoms with E-state index < -0.39 is 0 Å². The van der Waals surface area contributed by atoms with E-state index in [1.165, 1.54) is 0 Å². The van der Waals surface area contributed by atoms with Gasteiger partial charge < -0.3 is 15.5 Å². The fraction of sp³-hybridized carbons (Fsp3) is 0.615. The summed E-state index contributed by atoms with van der Waals surface area (Å²) in [4.78, 5) is 13.9. The van der Waals surface area contributed by atoms with Crippen LogP contribution in [0.25, 0.3) is 0 Å². The Bertz CT molecular complexity index is 377. The number of hydrogen-bond donors (Lipinski definition) is 2. The number of aromatic nitrogens is 2. The number of carbonyl (C=O) groups is 1. The first-order valence-electron chi connectivity index (χ1n) is 6.64. The van der Waals surface area contributed by atoms with Crippen LogP contribution in [0.15, 0.2) is 12.1 Å². The van der Waals surface area contributed by atoms with E-state index in [-0.39, 0.29) is 5.91 Å². The van der Waals surface area contributed by atoms with Crippen LogP contribution in [0.1, 0.15) is 30.3 Å². The average molecular weight is 265 g/mol. The molecule has 106 valence electrons. The molecule has 1 amide bonds. The SMILES string of the molecule is CCNc1ccc(C(=O)NCCCCN(C)C)nn1. The summed E-state index contributed by atoms with van der Waals surface area (Å²) in [5.74, 6) is 0.519. The Labute approximate surface area is 114 Å². The van der Waals surface area contributed by atoms with Crippen molar-refractivity contribution in [1.29, 1.82) is 0 Å². The van der Waals surface area contributed by atoms with E-state index in [0.717, 1.165) is 25.9 Å². The molecular formula is C13H23N5O. The van der Waals surface area contributed by atoms with Gasteiger partial charge in [0.1, 0.15) is 5.82 Å². The van der Waals surface area contributed by atoms with E-state index in [0.29, 0.717) is 18.1 Å². The van der Waals surface area contributed by atoms with E-state index >= 15 is 0 Å². The smallest absolute Gasteiger partial charge is 0.271 e. The fourth-order valence-corrected chi connectivity index (χ4v) is 1.57. The number of nitrogens with one attached hydrogen (secondary N) is 2. The molecule has 0 radical (unpaired) electrons. The largest absolute Gasteiger partial charge is 0.369 e. The molecule has 2 N–H and O–H groups in total. The molecular weight excluding hydrogens is 242 g/mol. The number of hydrogen-bond acceptors (Lipinski definition) is 5. The second-order valence-electron chi connectivity index (χ2n) is 4.60. The predicted octanol–water partition coefficient (Wildman–Crippen LogP) is 0.980. The summed E-state index contributed by atoms with van der Waals surface area (Å²) in [6.45, 7) is 4.47. The topological polar surface area (TPSA) is 70.2 Å². The van der Waals surface area contributed by atoms with Crippen molar-refractivity contribution in [1.82, 2.24) is 20.4 Å². The standard InChI is InChI=1S/C13H23N5O/c1-4-14-12-8-7-11(16-17-12)13(19)15-9-5-6-10-18(2)3/h7-8H,4-6,9-10H2,1-3H3,(H,14,17)(H,15,19). The molecule has 0 atom stereocenters. The lowest BCUT2D eigenvalue weighted by atomic mass is 10.3. The van der Waals surface area contributed by atoms with Crippen LogP contribution in [0.5, 0.6) is 0 Å². The Kier molecular flexibility index (Phi) is 6.81. The second kappa shape index (κ2) is 8.42. The zero-order valence-electron chi connectivity index (χ0n) is 11.9. The average Bonchev–Trinajstić information content (AvgIpc) is 2.39. The van der Waals surface area contributed by atoms with Crippen LogP contribution in [0, 0.1) is 0 Å². The van der Waals surface area contributed by atoms with Crippen LogP contribution < -0.4 is 10.6 Å². The molecule has 6 heteroatoms. The zero-order valence-corrected chi connectivity index (χ0v) is 11.9. The van der Waals surface area contributed by atoms with Gasteiger partial charge in [-0.05, 0) is 52.5 Å². The van der Waals surface area contributed by atoms with Gasteiger partial charge in [0.15, 0.2) is 5.69 Å². The molecule has 1 rings (SSSR count). The summed E-state index contributed by atoms with van der Waals surface area (Å²) in [5.41, 5.74) is 0.356. The molecule has 1 heterocycles. The van der Waals surface area contributed by atoms with Crippen LogP contribution >= 0.6 is 0 Å². The lowest BCUT2D eigenvalue weighted by Crippen LogP contribution is -2.26. The van der Waals surface area contributed by atoms with Crippen molar-refractivity contribution in [3.8, 4) is 0 Å². The Morgan fingerprint density at radius 1 is 1.26 bits per heavy atom. The van der Waals surface area contributed by atoms with Crippen molar-refractivity contribution < 1.29 is 4.79 Å². The van der Waals surface area contributed by atoms with Gasteiger partial charge in [0.25, 0.3) is 5.91 Å². The molecule has 0 bridgehead atoms. The van der Waals surface area contributed by atoms with E-state index in [9.17, 15) is 4.79 Å². The minimum absolute atomic E-state index is 0.166. The lowest BCUT2D eigenvalue weighted by Gasteiger charge is -2.09. The third kappa shape index (κ3) is 6.15. The molecule has 0 aliphatic heterocycles. The monoisotopic (exact) mass is 265 g/mol. The highest BCUT2D eigenvalue weighted by Crippen LogP contribution is 2.01. The second-order valence-corrected chi connectivity index (χ2v) is 4.60. The van der Waals surface area contributed by atoms with Gasteiger partial charge in [-0.15, -0.1) is 10.2 Å². The summed E-state index contributed by atoms with van der Waals surface area (Å²) >= 11 is 0. The number of rotatable bonds is 8. The molecule has 0 aliphatic rings. The number of nitrogens with zero attached hydrogens (tertiary/aromatic N) is 3. The normalized spacial score (nSPS) is 10.5. The van der Waals surface area contributed by atoms with Crippen molar-refractivity contribution in [2.45, 2.75) is 19.8 Å². The minimum atomic E-state index is -0.166. The number of amides is 1. The molecule has 0 fully saturated rings. The first-order chi connectivity index (χ1) is 9.13. The van der Waals surface area contributed by atoms with Crippen molar-refractivity contribution in [3.05, 3.63) is 17.8 Å². The Morgan fingerprint density at radius 2 is 2.05 bits per heavy atom. The Hall–Kier alpha value is -1.69. The Balaban J connectivity index is 2.29. The summed E-state index contributed by atoms with van der Waals surface area (Å²) in [6.07, 6.45) is 2.03. The number of carbonyl (C=O) groups excluding carboxylic acids is 1. The van der Waals surface area contributed by atoms with Crippen LogP contribution in [-0.4, -0.2) is 54.7 Å². The molecule has 6 nitrogen and oxygen atoms in total. The first-order valence-corrected chi connectivity index (χ1v) is 6.64. The molecule has 0 unspecified atom stereocenters. The maximum absolute atomic E-state index is 11.8. The molecule has 1 aromatic rings. The van der Waals surface area contributed by atoms with Gasteiger partial charge in [-0.25, -0.2) is 0 Å². The highest BCUT2D eigenvalue weighted by molar-refractivity contribution is 5.92. The van der Waals surface area contributed by atoms with Gasteiger partial charge in [0, 0.05) is 13.1 Å². The Morgan fingerprint density at radius 3 is 2.63 bits per heavy atom. The summed E-state index contributed by atoms with van der Waals surface area (Å²) in [6, 6.07) is 3.44. The van der Waals surface area contributed by atoms with E-state index in [1.54, 1.807) is 12.1 Å². The maximum atomic E-state index is 11.8. The van der Waals surface area contributed by atoms with Crippen molar-refractivity contribution >= 4 is 11.7 Å². The third-order valence-corrected chi connectivity index (χ3v) is 2.57. The van der Waals surface area contributed by atoms with Crippen LogP contribution in [0.3, 0.4) is 0 Å². The molecule has 1 aromatic heterocycles. The number of unbranched alkanes of at least 4 members (excludes halogenated alkanes) is 1. The van der Waals surface area contributed by atoms with Gasteiger partial charge >= 0.3 is 0 Å². The quantitative estimate of drug-likeness (QED) is 0.686. The molecule has 0 spiro atoms. The van der Waals surface area contributed by atoms with Crippen molar-refractivity contribution in [2.24, 2.45) is 0 Å². The van der Waals surface area contributed by atoms with Crippen LogP contribution in [0.2, 0.25) is 0 Å². The predicted molar refractivity (Wildman–Crippen MR) is 76.3 cm³/mol. The summed E-state index contributed by atoms with van der Waals surface area (Å²) < 4.78 is 0. The lowest BCUT2D eigenvalue weighted by molar-refractivity contribution is 0.0947. The highest BCUT2D eigenvalue weighted by atomic mass is 16.1. The van der Waals surface area contributed by atoms with Crippen LogP contribution in [-0.2, 0) is 0 Å². The van der Waals surface area contributed by atoms with E-state index in [2.05, 4.69) is 25.7 Å². The van der Waals surface area contributed by atoms with Gasteiger partial charge in [-0.1, -0.05) is 0 Å². The van der Waals surface area contributed by atoms with Gasteiger partial charge in [-0.3, -0.25) is 4.79 Å². The molecule has 0 aromatic carbocycles. The van der Waals surface area contributed by atoms with Crippen LogP contribution in [0.4, 0.5) is 5.82 Å². The van der Waals surface area contributed by atoms with Gasteiger partial charge in [0.05, 0.1) is 0 Å². The van der Waals surface area contributed by atoms with Gasteiger partial charge in [0.2, 0.25) is 0 Å². The van der Waals surface area contributed by atoms with E-state index in [1.807, 2.05) is 21.0 Å². The van der Waals surface area contributed by atoms with Gasteiger partial charge in [-0.2, -0.15) is 0 Å². The highest BCUT2D eigenvalue weighted by Gasteiger charge is 2.07. The van der Waals surface area contributed by atoms with E-state index in [4.69, 9.17) is 0 Å². The summed E-state index contributed by atoms with van der Waals surface area (Å²) in [7, 11) is 4.08. The molecule has 0 saturated heterocycles. The zero-order chi connectivity index (χ0) is 14.1. The maximum Gasteiger partial charge on any atom is 0.271 e. The molecule has 19 heavy (non-hydrogen) atoms. The third-order valence-electron chi connectivity index (χ3n) is 2.57. The summed E-state index contributed by atoms with van der Waals surface area (Å²) in [5, 5.41) is 13.7. The fourth-order valence-electron chi connectivity index (χ4n) is 1.57. The first kappa shape index (κ1) is 15.4. The van der Waals surface area contributed by atoms with Crippen molar-refractivity contribution in [3.63, 3.8) is 0 Å². The van der Waals surface area contributed by atoms with Crippen molar-refractivity contribution in [2.75, 3.05) is 39.0 Å². The molecule has 0 saturated carbocycles.